The Morgan fingerprint density at radius 1 is 1.33 bits per heavy atom. The van der Waals surface area contributed by atoms with Crippen LogP contribution in [-0.2, 0) is 0 Å². The van der Waals surface area contributed by atoms with Gasteiger partial charge in [0.05, 0.1) is 11.6 Å². The molecule has 4 nitrogen and oxygen atoms in total. The monoisotopic (exact) mass is 168 g/mol. The van der Waals surface area contributed by atoms with Gasteiger partial charge in [0.25, 0.3) is 0 Å². The average Bonchev–Trinajstić information content (AvgIpc) is 2.03. The minimum Gasteiger partial charge on any atom is -0.507 e. The van der Waals surface area contributed by atoms with Crippen molar-refractivity contribution in [3.63, 3.8) is 0 Å². The molecule has 1 unspecified atom stereocenters. The fraction of sp³-hybridized carbons (Fsp3) is 0.250. The quantitative estimate of drug-likeness (QED) is 0.385. The maximum atomic E-state index is 9.34. The van der Waals surface area contributed by atoms with E-state index in [0.717, 1.165) is 0 Å². The van der Waals surface area contributed by atoms with Crippen LogP contribution in [0, 0.1) is 0 Å². The number of hydrazine groups is 1. The van der Waals surface area contributed by atoms with Crippen LogP contribution in [-0.4, -0.2) is 10.2 Å². The number of phenols is 2. The van der Waals surface area contributed by atoms with Gasteiger partial charge in [-0.05, 0) is 19.1 Å². The largest absolute Gasteiger partial charge is 0.507 e. The Balaban J connectivity index is 3.12. The Bertz CT molecular complexity index is 256. The molecule has 0 aliphatic rings. The van der Waals surface area contributed by atoms with Gasteiger partial charge >= 0.3 is 0 Å². The van der Waals surface area contributed by atoms with Crippen LogP contribution in [0.2, 0.25) is 0 Å². The van der Waals surface area contributed by atoms with Gasteiger partial charge in [-0.1, -0.05) is 6.07 Å². The molecule has 4 heteroatoms. The molecular weight excluding hydrogens is 156 g/mol. The van der Waals surface area contributed by atoms with Gasteiger partial charge in [-0.3, -0.25) is 11.3 Å². The van der Waals surface area contributed by atoms with Crippen LogP contribution in [0.25, 0.3) is 0 Å². The number of nitrogens with two attached hydrogens (primary N) is 1. The van der Waals surface area contributed by atoms with Crippen LogP contribution in [0.5, 0.6) is 11.5 Å². The molecule has 5 N–H and O–H groups in total. The summed E-state index contributed by atoms with van der Waals surface area (Å²) in [4.78, 5) is 0. The van der Waals surface area contributed by atoms with Crippen LogP contribution in [0.4, 0.5) is 0 Å². The van der Waals surface area contributed by atoms with Crippen molar-refractivity contribution in [3.05, 3.63) is 23.8 Å². The molecule has 0 aromatic heterocycles. The van der Waals surface area contributed by atoms with Gasteiger partial charge < -0.3 is 10.2 Å². The number of nitrogens with one attached hydrogen (secondary N) is 1. The topological polar surface area (TPSA) is 78.5 Å². The first-order chi connectivity index (χ1) is 5.66. The zero-order valence-electron chi connectivity index (χ0n) is 6.78. The summed E-state index contributed by atoms with van der Waals surface area (Å²) in [5, 5.41) is 18.7. The second-order valence-electron chi connectivity index (χ2n) is 2.60. The minimum atomic E-state index is -0.272. The number of hydrogen-bond donors (Lipinski definition) is 4. The highest BCUT2D eigenvalue weighted by molar-refractivity contribution is 5.44. The van der Waals surface area contributed by atoms with Crippen LogP contribution in [0.3, 0.4) is 0 Å². The molecule has 0 bridgehead atoms. The molecule has 1 atom stereocenters. The molecule has 0 spiro atoms. The molecule has 0 saturated carbocycles. The highest BCUT2D eigenvalue weighted by Crippen LogP contribution is 2.31. The number of aromatic hydroxyl groups is 2. The lowest BCUT2D eigenvalue weighted by Crippen LogP contribution is -2.25. The summed E-state index contributed by atoms with van der Waals surface area (Å²) in [7, 11) is 0. The molecule has 1 aromatic rings. The normalized spacial score (nSPS) is 12.8. The third-order valence-electron chi connectivity index (χ3n) is 1.74. The third kappa shape index (κ3) is 1.49. The predicted molar refractivity (Wildman–Crippen MR) is 45.5 cm³/mol. The van der Waals surface area contributed by atoms with Gasteiger partial charge in [0, 0.05) is 0 Å². The lowest BCUT2D eigenvalue weighted by Gasteiger charge is -2.13. The summed E-state index contributed by atoms with van der Waals surface area (Å²) >= 11 is 0. The summed E-state index contributed by atoms with van der Waals surface area (Å²) in [6, 6.07) is 4.30. The van der Waals surface area contributed by atoms with Crippen LogP contribution in [0.15, 0.2) is 18.2 Å². The molecule has 0 heterocycles. The maximum absolute atomic E-state index is 9.34. The van der Waals surface area contributed by atoms with E-state index in [1.54, 1.807) is 13.0 Å². The Morgan fingerprint density at radius 2 is 1.83 bits per heavy atom. The maximum Gasteiger partial charge on any atom is 0.124 e. The molecule has 66 valence electrons. The number of phenolic OH excluding ortho intramolecular Hbond substituents is 2. The van der Waals surface area contributed by atoms with E-state index < -0.39 is 0 Å². The van der Waals surface area contributed by atoms with Gasteiger partial charge in [-0.15, -0.1) is 0 Å². The van der Waals surface area contributed by atoms with Gasteiger partial charge in [-0.25, -0.2) is 0 Å². The summed E-state index contributed by atoms with van der Waals surface area (Å²) in [6.07, 6.45) is 0. The predicted octanol–water partition coefficient (Wildman–Crippen LogP) is 0.622. The molecule has 0 aliphatic heterocycles. The van der Waals surface area contributed by atoms with Crippen LogP contribution < -0.4 is 11.3 Å². The molecule has 1 aromatic carbocycles. The Labute approximate surface area is 70.6 Å². The fourth-order valence-corrected chi connectivity index (χ4v) is 1.07. The van der Waals surface area contributed by atoms with E-state index in [1.807, 2.05) is 0 Å². The van der Waals surface area contributed by atoms with Gasteiger partial charge in [-0.2, -0.15) is 0 Å². The van der Waals surface area contributed by atoms with Crippen LogP contribution >= 0.6 is 0 Å². The second kappa shape index (κ2) is 3.42. The standard InChI is InChI=1S/C8H12N2O2/c1-5(10-9)8-6(11)3-2-4-7(8)12/h2-5,10-12H,9H2,1H3. The van der Waals surface area contributed by atoms with Gasteiger partial charge in [0.1, 0.15) is 11.5 Å². The van der Waals surface area contributed by atoms with E-state index >= 15 is 0 Å². The molecule has 1 rings (SSSR count). The highest BCUT2D eigenvalue weighted by Gasteiger charge is 2.12. The van der Waals surface area contributed by atoms with E-state index in [0.29, 0.717) is 5.56 Å². The summed E-state index contributed by atoms with van der Waals surface area (Å²) < 4.78 is 0. The summed E-state index contributed by atoms with van der Waals surface area (Å²) in [6.45, 7) is 1.74. The van der Waals surface area contributed by atoms with Crippen molar-refractivity contribution in [2.24, 2.45) is 5.84 Å². The van der Waals surface area contributed by atoms with Crippen molar-refractivity contribution in [1.29, 1.82) is 0 Å². The zero-order valence-corrected chi connectivity index (χ0v) is 6.78. The molecule has 0 saturated heterocycles. The van der Waals surface area contributed by atoms with Crippen molar-refractivity contribution in [3.8, 4) is 11.5 Å². The highest BCUT2D eigenvalue weighted by atomic mass is 16.3. The van der Waals surface area contributed by atoms with Crippen molar-refractivity contribution < 1.29 is 10.2 Å². The lowest BCUT2D eigenvalue weighted by molar-refractivity contribution is 0.420. The smallest absolute Gasteiger partial charge is 0.124 e. The second-order valence-corrected chi connectivity index (χ2v) is 2.60. The van der Waals surface area contributed by atoms with E-state index in [1.165, 1.54) is 12.1 Å². The molecule has 0 amide bonds. The van der Waals surface area contributed by atoms with E-state index in [4.69, 9.17) is 5.84 Å². The summed E-state index contributed by atoms with van der Waals surface area (Å²) in [5.74, 6) is 5.25. The van der Waals surface area contributed by atoms with Gasteiger partial charge in [0.15, 0.2) is 0 Å². The van der Waals surface area contributed by atoms with Crippen molar-refractivity contribution >= 4 is 0 Å². The van der Waals surface area contributed by atoms with Crippen molar-refractivity contribution in [2.75, 3.05) is 0 Å². The number of benzene rings is 1. The molecule has 0 radical (unpaired) electrons. The molecule has 0 aliphatic carbocycles. The molecule has 12 heavy (non-hydrogen) atoms. The average molecular weight is 168 g/mol. The van der Waals surface area contributed by atoms with Gasteiger partial charge in [0.2, 0.25) is 0 Å². The molecular formula is C8H12N2O2. The lowest BCUT2D eigenvalue weighted by atomic mass is 10.1. The minimum absolute atomic E-state index is 0.0421. The number of hydrogen-bond acceptors (Lipinski definition) is 4. The fourth-order valence-electron chi connectivity index (χ4n) is 1.07. The Hall–Kier alpha value is -1.26. The first-order valence-electron chi connectivity index (χ1n) is 3.63. The first kappa shape index (κ1) is 8.83. The Morgan fingerprint density at radius 3 is 2.25 bits per heavy atom. The molecule has 0 fully saturated rings. The van der Waals surface area contributed by atoms with E-state index in [2.05, 4.69) is 5.43 Å². The van der Waals surface area contributed by atoms with E-state index in [9.17, 15) is 10.2 Å². The van der Waals surface area contributed by atoms with E-state index in [-0.39, 0.29) is 17.5 Å². The van der Waals surface area contributed by atoms with Crippen LogP contribution in [0.1, 0.15) is 18.5 Å². The zero-order chi connectivity index (χ0) is 9.14. The Kier molecular flexibility index (Phi) is 2.52. The van der Waals surface area contributed by atoms with Crippen molar-refractivity contribution in [1.82, 2.24) is 5.43 Å². The SMILES string of the molecule is CC(NN)c1c(O)cccc1O. The van der Waals surface area contributed by atoms with Crippen molar-refractivity contribution in [2.45, 2.75) is 13.0 Å². The first-order valence-corrected chi connectivity index (χ1v) is 3.63. The summed E-state index contributed by atoms with van der Waals surface area (Å²) in [5.41, 5.74) is 2.86. The number of rotatable bonds is 2. The third-order valence-corrected chi connectivity index (χ3v) is 1.74.